The van der Waals surface area contributed by atoms with Crippen molar-refractivity contribution >= 4 is 0 Å². The van der Waals surface area contributed by atoms with Gasteiger partial charge in [-0.2, -0.15) is 0 Å². The summed E-state index contributed by atoms with van der Waals surface area (Å²) in [5, 5.41) is 18.4. The van der Waals surface area contributed by atoms with Gasteiger partial charge in [0.25, 0.3) is 0 Å². The Labute approximate surface area is 67.2 Å². The summed E-state index contributed by atoms with van der Waals surface area (Å²) >= 11 is 0. The molecular formula is C8H17NO2. The van der Waals surface area contributed by atoms with Crippen LogP contribution in [0.1, 0.15) is 25.7 Å². The van der Waals surface area contributed by atoms with Crippen LogP contribution in [-0.2, 0) is 0 Å². The molecule has 1 fully saturated rings. The van der Waals surface area contributed by atoms with E-state index >= 15 is 0 Å². The second kappa shape index (κ2) is 3.52. The van der Waals surface area contributed by atoms with Gasteiger partial charge in [-0.15, -0.1) is 0 Å². The largest absolute Gasteiger partial charge is 0.393 e. The molecule has 0 spiro atoms. The van der Waals surface area contributed by atoms with Gasteiger partial charge in [0.05, 0.1) is 12.2 Å². The first-order valence-corrected chi connectivity index (χ1v) is 4.23. The van der Waals surface area contributed by atoms with Crippen LogP contribution in [0.3, 0.4) is 0 Å². The summed E-state index contributed by atoms with van der Waals surface area (Å²) < 4.78 is 0. The maximum absolute atomic E-state index is 9.60. The first kappa shape index (κ1) is 8.97. The minimum Gasteiger partial charge on any atom is -0.393 e. The Morgan fingerprint density at radius 1 is 1.36 bits per heavy atom. The van der Waals surface area contributed by atoms with Crippen molar-refractivity contribution in [2.45, 2.75) is 31.3 Å². The minimum atomic E-state index is -0.800. The third-order valence-electron chi connectivity index (χ3n) is 2.66. The molecule has 0 aromatic rings. The van der Waals surface area contributed by atoms with Crippen LogP contribution in [-0.4, -0.2) is 29.0 Å². The smallest absolute Gasteiger partial charge is 0.0877 e. The van der Waals surface area contributed by atoms with E-state index in [1.807, 2.05) is 0 Å². The molecule has 0 aromatic carbocycles. The second-order valence-electron chi connectivity index (χ2n) is 3.56. The summed E-state index contributed by atoms with van der Waals surface area (Å²) in [5.41, 5.74) is 4.69. The topological polar surface area (TPSA) is 66.5 Å². The molecule has 0 aliphatic heterocycles. The van der Waals surface area contributed by atoms with Crippen LogP contribution in [0.25, 0.3) is 0 Å². The Bertz CT molecular complexity index is 119. The lowest BCUT2D eigenvalue weighted by Crippen LogP contribution is -2.38. The van der Waals surface area contributed by atoms with Gasteiger partial charge in [-0.05, 0) is 38.1 Å². The molecule has 0 heterocycles. The number of hydrogen-bond acceptors (Lipinski definition) is 3. The molecule has 1 saturated carbocycles. The third kappa shape index (κ3) is 2.15. The Morgan fingerprint density at radius 2 is 1.91 bits per heavy atom. The molecular weight excluding hydrogens is 142 g/mol. The molecule has 1 aliphatic rings. The first-order valence-electron chi connectivity index (χ1n) is 4.23. The minimum absolute atomic E-state index is 0.107. The van der Waals surface area contributed by atoms with E-state index in [2.05, 4.69) is 0 Å². The van der Waals surface area contributed by atoms with Gasteiger partial charge in [-0.1, -0.05) is 0 Å². The summed E-state index contributed by atoms with van der Waals surface area (Å²) in [6.45, 7) is 0.603. The summed E-state index contributed by atoms with van der Waals surface area (Å²) in [5.74, 6) is 0.557. The van der Waals surface area contributed by atoms with Crippen molar-refractivity contribution in [2.24, 2.45) is 11.7 Å². The highest BCUT2D eigenvalue weighted by molar-refractivity contribution is 4.84. The molecule has 0 atom stereocenters. The average molecular weight is 159 g/mol. The Hall–Kier alpha value is -0.120. The molecule has 0 unspecified atom stereocenters. The molecule has 66 valence electrons. The zero-order valence-corrected chi connectivity index (χ0v) is 6.79. The predicted octanol–water partition coefficient (Wildman–Crippen LogP) is -0.141. The summed E-state index contributed by atoms with van der Waals surface area (Å²) in [6, 6.07) is 0. The fourth-order valence-corrected chi connectivity index (χ4v) is 1.61. The molecule has 0 saturated heterocycles. The highest BCUT2D eigenvalue weighted by Gasteiger charge is 2.31. The Morgan fingerprint density at radius 3 is 2.27 bits per heavy atom. The monoisotopic (exact) mass is 159 g/mol. The van der Waals surface area contributed by atoms with E-state index in [9.17, 15) is 5.11 Å². The molecule has 1 rings (SSSR count). The number of hydrogen-bond donors (Lipinski definition) is 3. The van der Waals surface area contributed by atoms with Crippen LogP contribution in [0.15, 0.2) is 0 Å². The normalized spacial score (nSPS) is 39.0. The van der Waals surface area contributed by atoms with Gasteiger partial charge in [0.1, 0.15) is 0 Å². The van der Waals surface area contributed by atoms with Crippen LogP contribution < -0.4 is 5.73 Å². The SMILES string of the molecule is NCC1CCC(O)(CO)CC1. The molecule has 4 N–H and O–H groups in total. The first-order chi connectivity index (χ1) is 5.20. The van der Waals surface area contributed by atoms with Crippen molar-refractivity contribution in [3.63, 3.8) is 0 Å². The van der Waals surface area contributed by atoms with Crippen LogP contribution in [0.4, 0.5) is 0 Å². The lowest BCUT2D eigenvalue weighted by molar-refractivity contribution is -0.0508. The van der Waals surface area contributed by atoms with Gasteiger partial charge in [0.2, 0.25) is 0 Å². The Kier molecular flexibility index (Phi) is 2.87. The standard InChI is InChI=1S/C8H17NO2/c9-5-7-1-3-8(11,6-10)4-2-7/h7,10-11H,1-6,9H2. The van der Waals surface area contributed by atoms with E-state index in [1.54, 1.807) is 0 Å². The molecule has 11 heavy (non-hydrogen) atoms. The van der Waals surface area contributed by atoms with Gasteiger partial charge in [-0.3, -0.25) is 0 Å². The van der Waals surface area contributed by atoms with E-state index in [0.717, 1.165) is 12.8 Å². The maximum Gasteiger partial charge on any atom is 0.0877 e. The van der Waals surface area contributed by atoms with E-state index in [0.29, 0.717) is 25.3 Å². The van der Waals surface area contributed by atoms with Crippen molar-refractivity contribution in [2.75, 3.05) is 13.2 Å². The van der Waals surface area contributed by atoms with Crippen LogP contribution in [0.2, 0.25) is 0 Å². The zero-order chi connectivity index (χ0) is 8.32. The molecule has 0 radical (unpaired) electrons. The highest BCUT2D eigenvalue weighted by atomic mass is 16.3. The van der Waals surface area contributed by atoms with Crippen LogP contribution in [0.5, 0.6) is 0 Å². The molecule has 0 aromatic heterocycles. The van der Waals surface area contributed by atoms with Crippen molar-refractivity contribution < 1.29 is 10.2 Å². The van der Waals surface area contributed by atoms with Crippen molar-refractivity contribution in [1.82, 2.24) is 0 Å². The van der Waals surface area contributed by atoms with Gasteiger partial charge in [0.15, 0.2) is 0 Å². The molecule has 3 heteroatoms. The van der Waals surface area contributed by atoms with Gasteiger partial charge in [0, 0.05) is 0 Å². The van der Waals surface area contributed by atoms with E-state index in [1.165, 1.54) is 0 Å². The van der Waals surface area contributed by atoms with Gasteiger partial charge in [-0.25, -0.2) is 0 Å². The molecule has 3 nitrogen and oxygen atoms in total. The molecule has 1 aliphatic carbocycles. The number of rotatable bonds is 2. The maximum atomic E-state index is 9.60. The number of nitrogens with two attached hydrogens (primary N) is 1. The lowest BCUT2D eigenvalue weighted by Gasteiger charge is -2.33. The quantitative estimate of drug-likeness (QED) is 0.525. The predicted molar refractivity (Wildman–Crippen MR) is 43.0 cm³/mol. The zero-order valence-electron chi connectivity index (χ0n) is 6.79. The van der Waals surface area contributed by atoms with Crippen LogP contribution in [0, 0.1) is 5.92 Å². The van der Waals surface area contributed by atoms with E-state index < -0.39 is 5.60 Å². The van der Waals surface area contributed by atoms with E-state index in [-0.39, 0.29) is 6.61 Å². The highest BCUT2D eigenvalue weighted by Crippen LogP contribution is 2.30. The van der Waals surface area contributed by atoms with Gasteiger partial charge >= 0.3 is 0 Å². The van der Waals surface area contributed by atoms with Crippen molar-refractivity contribution in [3.8, 4) is 0 Å². The lowest BCUT2D eigenvalue weighted by atomic mass is 9.79. The van der Waals surface area contributed by atoms with E-state index in [4.69, 9.17) is 10.8 Å². The summed E-state index contributed by atoms with van der Waals surface area (Å²) in [4.78, 5) is 0. The van der Waals surface area contributed by atoms with Crippen molar-refractivity contribution in [1.29, 1.82) is 0 Å². The summed E-state index contributed by atoms with van der Waals surface area (Å²) in [6.07, 6.45) is 3.30. The third-order valence-corrected chi connectivity index (χ3v) is 2.66. The van der Waals surface area contributed by atoms with Gasteiger partial charge < -0.3 is 15.9 Å². The fourth-order valence-electron chi connectivity index (χ4n) is 1.61. The Balaban J connectivity index is 2.35. The summed E-state index contributed by atoms with van der Waals surface area (Å²) in [7, 11) is 0. The van der Waals surface area contributed by atoms with Crippen LogP contribution >= 0.6 is 0 Å². The number of aliphatic hydroxyl groups is 2. The number of aliphatic hydroxyl groups excluding tert-OH is 1. The average Bonchev–Trinajstić information content (AvgIpc) is 2.06. The molecule has 0 amide bonds. The fraction of sp³-hybridized carbons (Fsp3) is 1.00. The second-order valence-corrected chi connectivity index (χ2v) is 3.56. The van der Waals surface area contributed by atoms with Crippen molar-refractivity contribution in [3.05, 3.63) is 0 Å². The molecule has 0 bridgehead atoms.